The summed E-state index contributed by atoms with van der Waals surface area (Å²) in [6.45, 7) is 7.33. The highest BCUT2D eigenvalue weighted by molar-refractivity contribution is 6.07. The summed E-state index contributed by atoms with van der Waals surface area (Å²) in [7, 11) is 1.59. The molecule has 1 aromatic carbocycles. The van der Waals surface area contributed by atoms with E-state index < -0.39 is 17.1 Å². The average Bonchev–Trinajstić information content (AvgIpc) is 2.62. The van der Waals surface area contributed by atoms with E-state index >= 15 is 0 Å². The molecule has 3 N–H and O–H groups in total. The lowest BCUT2D eigenvalue weighted by atomic mass is 9.90. The van der Waals surface area contributed by atoms with E-state index in [0.29, 0.717) is 0 Å². The van der Waals surface area contributed by atoms with Gasteiger partial charge in [0.25, 0.3) is 5.91 Å². The van der Waals surface area contributed by atoms with E-state index in [0.717, 1.165) is 16.9 Å². The third kappa shape index (κ3) is 2.78. The maximum atomic E-state index is 12.7. The first-order valence-electron chi connectivity index (χ1n) is 7.16. The Kier molecular flexibility index (Phi) is 3.91. The Hall–Kier alpha value is -2.08. The van der Waals surface area contributed by atoms with Crippen molar-refractivity contribution in [1.29, 1.82) is 0 Å². The van der Waals surface area contributed by atoms with Crippen molar-refractivity contribution in [3.63, 3.8) is 0 Å². The van der Waals surface area contributed by atoms with Gasteiger partial charge in [0.1, 0.15) is 11.3 Å². The molecule has 1 aliphatic rings. The van der Waals surface area contributed by atoms with Crippen LogP contribution >= 0.6 is 0 Å². The molecule has 3 amide bonds. The van der Waals surface area contributed by atoms with Crippen molar-refractivity contribution in [3.8, 4) is 5.75 Å². The van der Waals surface area contributed by atoms with Gasteiger partial charge in [-0.1, -0.05) is 6.07 Å². The maximum Gasteiger partial charge on any atom is 0.325 e. The van der Waals surface area contributed by atoms with Gasteiger partial charge >= 0.3 is 6.03 Å². The van der Waals surface area contributed by atoms with Gasteiger partial charge in [-0.3, -0.25) is 9.69 Å². The van der Waals surface area contributed by atoms with Crippen molar-refractivity contribution in [2.75, 3.05) is 13.7 Å². The summed E-state index contributed by atoms with van der Waals surface area (Å²) in [4.78, 5) is 26.1. The molecule has 120 valence electrons. The number of methoxy groups -OCH3 is 1. The molecule has 1 aliphatic heterocycles. The molecule has 0 spiro atoms. The zero-order valence-corrected chi connectivity index (χ0v) is 13.7. The SMILES string of the molecule is COc1ccc(C2(C)NC(=O)N(CC(C)(C)N)C2=O)cc1C. The molecule has 0 aromatic heterocycles. The van der Waals surface area contributed by atoms with Crippen molar-refractivity contribution >= 4 is 11.9 Å². The fraction of sp³-hybridized carbons (Fsp3) is 0.500. The smallest absolute Gasteiger partial charge is 0.325 e. The van der Waals surface area contributed by atoms with E-state index in [2.05, 4.69) is 5.32 Å². The Labute approximate surface area is 130 Å². The summed E-state index contributed by atoms with van der Waals surface area (Å²) in [5.41, 5.74) is 5.84. The van der Waals surface area contributed by atoms with Crippen LogP contribution in [0.2, 0.25) is 0 Å². The zero-order chi connectivity index (χ0) is 16.7. The van der Waals surface area contributed by atoms with Crippen LogP contribution in [0.25, 0.3) is 0 Å². The van der Waals surface area contributed by atoms with Crippen molar-refractivity contribution in [2.45, 2.75) is 38.8 Å². The van der Waals surface area contributed by atoms with Crippen molar-refractivity contribution in [3.05, 3.63) is 29.3 Å². The molecule has 1 fully saturated rings. The Bertz CT molecular complexity index is 622. The summed E-state index contributed by atoms with van der Waals surface area (Å²) >= 11 is 0. The van der Waals surface area contributed by atoms with Gasteiger partial charge in [0.05, 0.1) is 7.11 Å². The van der Waals surface area contributed by atoms with E-state index in [1.165, 1.54) is 4.90 Å². The van der Waals surface area contributed by atoms with Crippen LogP contribution in [0, 0.1) is 6.92 Å². The largest absolute Gasteiger partial charge is 0.496 e. The third-order valence-corrected chi connectivity index (χ3v) is 3.81. The first-order chi connectivity index (χ1) is 10.1. The van der Waals surface area contributed by atoms with Gasteiger partial charge in [0, 0.05) is 12.1 Å². The predicted molar refractivity (Wildman–Crippen MR) is 83.6 cm³/mol. The normalized spacial score (nSPS) is 22.0. The lowest BCUT2D eigenvalue weighted by molar-refractivity contribution is -0.131. The molecule has 2 rings (SSSR count). The second-order valence-electron chi connectivity index (χ2n) is 6.62. The monoisotopic (exact) mass is 305 g/mol. The Morgan fingerprint density at radius 2 is 2.00 bits per heavy atom. The third-order valence-electron chi connectivity index (χ3n) is 3.81. The fourth-order valence-electron chi connectivity index (χ4n) is 2.63. The first kappa shape index (κ1) is 16.3. The van der Waals surface area contributed by atoms with E-state index in [1.807, 2.05) is 13.0 Å². The molecule has 0 saturated carbocycles. The summed E-state index contributed by atoms with van der Waals surface area (Å²) < 4.78 is 5.23. The van der Waals surface area contributed by atoms with Crippen LogP contribution in [0.15, 0.2) is 18.2 Å². The number of carbonyl (C=O) groups excluding carboxylic acids is 2. The van der Waals surface area contributed by atoms with Crippen LogP contribution in [0.5, 0.6) is 5.75 Å². The molecule has 1 aromatic rings. The minimum Gasteiger partial charge on any atom is -0.496 e. The molecule has 0 aliphatic carbocycles. The zero-order valence-electron chi connectivity index (χ0n) is 13.7. The fourth-order valence-corrected chi connectivity index (χ4v) is 2.63. The molecule has 22 heavy (non-hydrogen) atoms. The molecule has 1 saturated heterocycles. The second-order valence-corrected chi connectivity index (χ2v) is 6.62. The molecule has 0 radical (unpaired) electrons. The number of urea groups is 1. The quantitative estimate of drug-likeness (QED) is 0.826. The van der Waals surface area contributed by atoms with Crippen LogP contribution in [0.4, 0.5) is 4.79 Å². The number of amides is 3. The Morgan fingerprint density at radius 1 is 1.36 bits per heavy atom. The number of hydrogen-bond acceptors (Lipinski definition) is 4. The Morgan fingerprint density at radius 3 is 2.50 bits per heavy atom. The van der Waals surface area contributed by atoms with Crippen molar-refractivity contribution in [2.24, 2.45) is 5.73 Å². The van der Waals surface area contributed by atoms with Crippen LogP contribution in [-0.2, 0) is 10.3 Å². The highest BCUT2D eigenvalue weighted by atomic mass is 16.5. The molecule has 0 bridgehead atoms. The van der Waals surface area contributed by atoms with Crippen LogP contribution < -0.4 is 15.8 Å². The van der Waals surface area contributed by atoms with Crippen LogP contribution in [0.3, 0.4) is 0 Å². The number of nitrogens with two attached hydrogens (primary N) is 1. The number of ether oxygens (including phenoxy) is 1. The first-order valence-corrected chi connectivity index (χ1v) is 7.16. The van der Waals surface area contributed by atoms with Gasteiger partial charge in [-0.15, -0.1) is 0 Å². The molecule has 6 nitrogen and oxygen atoms in total. The van der Waals surface area contributed by atoms with E-state index in [4.69, 9.17) is 10.5 Å². The van der Waals surface area contributed by atoms with Gasteiger partial charge < -0.3 is 15.8 Å². The number of hydrogen-bond donors (Lipinski definition) is 2. The van der Waals surface area contributed by atoms with Crippen molar-refractivity contribution < 1.29 is 14.3 Å². The van der Waals surface area contributed by atoms with Gasteiger partial charge in [-0.05, 0) is 51.0 Å². The molecule has 1 unspecified atom stereocenters. The van der Waals surface area contributed by atoms with Crippen LogP contribution in [0.1, 0.15) is 31.9 Å². The minimum absolute atomic E-state index is 0.169. The average molecular weight is 305 g/mol. The number of nitrogens with one attached hydrogen (secondary N) is 1. The number of benzene rings is 1. The Balaban J connectivity index is 2.37. The second kappa shape index (κ2) is 5.28. The predicted octanol–water partition coefficient (Wildman–Crippen LogP) is 1.51. The number of rotatable bonds is 4. The molecular weight excluding hydrogens is 282 g/mol. The van der Waals surface area contributed by atoms with Gasteiger partial charge in [0.2, 0.25) is 0 Å². The molecule has 6 heteroatoms. The van der Waals surface area contributed by atoms with E-state index in [9.17, 15) is 9.59 Å². The van der Waals surface area contributed by atoms with E-state index in [-0.39, 0.29) is 12.5 Å². The summed E-state index contributed by atoms with van der Waals surface area (Å²) in [6, 6.07) is 5.03. The lowest BCUT2D eigenvalue weighted by Crippen LogP contribution is -2.48. The summed E-state index contributed by atoms with van der Waals surface area (Å²) in [6.07, 6.45) is 0. The van der Waals surface area contributed by atoms with Gasteiger partial charge in [-0.2, -0.15) is 0 Å². The van der Waals surface area contributed by atoms with Crippen molar-refractivity contribution in [1.82, 2.24) is 10.2 Å². The highest BCUT2D eigenvalue weighted by Crippen LogP contribution is 2.32. The minimum atomic E-state index is -1.08. The molecule has 1 atom stereocenters. The van der Waals surface area contributed by atoms with Gasteiger partial charge in [-0.25, -0.2) is 4.79 Å². The number of carbonyl (C=O) groups is 2. The number of aryl methyl sites for hydroxylation is 1. The standard InChI is InChI=1S/C16H23N3O3/c1-10-8-11(6-7-12(10)22-5)16(4)13(20)19(14(21)18-16)9-15(2,3)17/h6-8H,9,17H2,1-5H3,(H,18,21). The number of nitrogens with zero attached hydrogens (tertiary/aromatic N) is 1. The van der Waals surface area contributed by atoms with E-state index in [1.54, 1.807) is 40.0 Å². The molecule has 1 heterocycles. The maximum absolute atomic E-state index is 12.7. The topological polar surface area (TPSA) is 84.7 Å². The van der Waals surface area contributed by atoms with Gasteiger partial charge in [0.15, 0.2) is 0 Å². The lowest BCUT2D eigenvalue weighted by Gasteiger charge is -2.26. The van der Waals surface area contributed by atoms with Crippen LogP contribution in [-0.4, -0.2) is 36.0 Å². The summed E-state index contributed by atoms with van der Waals surface area (Å²) in [5, 5.41) is 2.77. The summed E-state index contributed by atoms with van der Waals surface area (Å²) in [5.74, 6) is 0.449. The molecular formula is C16H23N3O3. The number of imide groups is 1. The highest BCUT2D eigenvalue weighted by Gasteiger charge is 2.49.